The lowest BCUT2D eigenvalue weighted by Gasteiger charge is -2.09. The average Bonchev–Trinajstić information content (AvgIpc) is 2.70. The summed E-state index contributed by atoms with van der Waals surface area (Å²) in [6, 6.07) is 1.76. The standard InChI is InChI=1S/C10H14N6O/c1-3-12-9-8(11)10(14-5-13-9)15-7-4-6(2)17-16-7/h4-5H,3,11H2,1-2H3,(H2,12,13,14,15,16). The highest BCUT2D eigenvalue weighted by atomic mass is 16.5. The summed E-state index contributed by atoms with van der Waals surface area (Å²) in [5.74, 6) is 2.39. The second-order valence-electron chi connectivity index (χ2n) is 3.46. The van der Waals surface area contributed by atoms with Gasteiger partial charge in [-0.15, -0.1) is 0 Å². The van der Waals surface area contributed by atoms with Gasteiger partial charge in [-0.3, -0.25) is 0 Å². The summed E-state index contributed by atoms with van der Waals surface area (Å²) >= 11 is 0. The molecule has 0 spiro atoms. The van der Waals surface area contributed by atoms with Crippen LogP contribution in [0.4, 0.5) is 23.1 Å². The first-order valence-corrected chi connectivity index (χ1v) is 5.25. The summed E-state index contributed by atoms with van der Waals surface area (Å²) in [7, 11) is 0. The van der Waals surface area contributed by atoms with Gasteiger partial charge in [-0.05, 0) is 13.8 Å². The molecule has 7 nitrogen and oxygen atoms in total. The van der Waals surface area contributed by atoms with Gasteiger partial charge in [0.1, 0.15) is 17.8 Å². The molecule has 0 amide bonds. The number of aromatic nitrogens is 3. The van der Waals surface area contributed by atoms with Crippen LogP contribution in [0.2, 0.25) is 0 Å². The zero-order valence-corrected chi connectivity index (χ0v) is 9.69. The third-order valence-corrected chi connectivity index (χ3v) is 2.10. The van der Waals surface area contributed by atoms with Crippen molar-refractivity contribution in [2.75, 3.05) is 22.9 Å². The Balaban J connectivity index is 2.23. The molecule has 4 N–H and O–H groups in total. The van der Waals surface area contributed by atoms with Crippen molar-refractivity contribution in [3.8, 4) is 0 Å². The molecule has 2 aromatic rings. The number of nitrogens with one attached hydrogen (secondary N) is 2. The van der Waals surface area contributed by atoms with Crippen molar-refractivity contribution in [2.24, 2.45) is 0 Å². The number of aryl methyl sites for hydroxylation is 1. The van der Waals surface area contributed by atoms with Crippen LogP contribution in [0.3, 0.4) is 0 Å². The molecule has 0 fully saturated rings. The van der Waals surface area contributed by atoms with Gasteiger partial charge in [0.25, 0.3) is 0 Å². The van der Waals surface area contributed by atoms with Gasteiger partial charge in [-0.2, -0.15) is 0 Å². The third kappa shape index (κ3) is 2.44. The number of hydrogen-bond acceptors (Lipinski definition) is 7. The SMILES string of the molecule is CCNc1ncnc(Nc2cc(C)on2)c1N. The van der Waals surface area contributed by atoms with Crippen molar-refractivity contribution in [3.05, 3.63) is 18.2 Å². The molecule has 0 aliphatic rings. The molecular formula is C10H14N6O. The van der Waals surface area contributed by atoms with Crippen molar-refractivity contribution < 1.29 is 4.52 Å². The lowest BCUT2D eigenvalue weighted by atomic mass is 10.4. The lowest BCUT2D eigenvalue weighted by Crippen LogP contribution is -2.07. The molecule has 2 heterocycles. The van der Waals surface area contributed by atoms with Crippen molar-refractivity contribution in [3.63, 3.8) is 0 Å². The van der Waals surface area contributed by atoms with Crippen LogP contribution in [-0.2, 0) is 0 Å². The lowest BCUT2D eigenvalue weighted by molar-refractivity contribution is 0.400. The van der Waals surface area contributed by atoms with Gasteiger partial charge in [0.2, 0.25) is 0 Å². The molecule has 2 aromatic heterocycles. The van der Waals surface area contributed by atoms with Crippen LogP contribution in [0, 0.1) is 6.92 Å². The van der Waals surface area contributed by atoms with Gasteiger partial charge in [0.05, 0.1) is 0 Å². The van der Waals surface area contributed by atoms with Crippen molar-refractivity contribution in [2.45, 2.75) is 13.8 Å². The smallest absolute Gasteiger partial charge is 0.175 e. The Kier molecular flexibility index (Phi) is 3.08. The second kappa shape index (κ2) is 4.69. The van der Waals surface area contributed by atoms with E-state index in [9.17, 15) is 0 Å². The molecule has 17 heavy (non-hydrogen) atoms. The summed E-state index contributed by atoms with van der Waals surface area (Å²) in [4.78, 5) is 8.10. The minimum atomic E-state index is 0.454. The Hall–Kier alpha value is -2.31. The Morgan fingerprint density at radius 1 is 1.35 bits per heavy atom. The average molecular weight is 234 g/mol. The summed E-state index contributed by atoms with van der Waals surface area (Å²) in [5.41, 5.74) is 6.37. The zero-order valence-electron chi connectivity index (χ0n) is 9.69. The summed E-state index contributed by atoms with van der Waals surface area (Å²) < 4.78 is 4.94. The summed E-state index contributed by atoms with van der Waals surface area (Å²) in [6.45, 7) is 4.52. The van der Waals surface area contributed by atoms with Gasteiger partial charge in [-0.1, -0.05) is 5.16 Å². The van der Waals surface area contributed by atoms with E-state index in [0.717, 1.165) is 6.54 Å². The van der Waals surface area contributed by atoms with Crippen LogP contribution in [0.5, 0.6) is 0 Å². The molecule has 0 aliphatic heterocycles. The van der Waals surface area contributed by atoms with Gasteiger partial charge in [0, 0.05) is 12.6 Å². The van der Waals surface area contributed by atoms with Crippen LogP contribution in [0.25, 0.3) is 0 Å². The predicted molar refractivity (Wildman–Crippen MR) is 65.1 cm³/mol. The number of nitrogens with zero attached hydrogens (tertiary/aromatic N) is 3. The molecule has 0 unspecified atom stereocenters. The van der Waals surface area contributed by atoms with E-state index >= 15 is 0 Å². The zero-order chi connectivity index (χ0) is 12.3. The quantitative estimate of drug-likeness (QED) is 0.737. The maximum Gasteiger partial charge on any atom is 0.175 e. The van der Waals surface area contributed by atoms with E-state index in [1.54, 1.807) is 6.07 Å². The van der Waals surface area contributed by atoms with E-state index in [4.69, 9.17) is 10.3 Å². The molecule has 0 atom stereocenters. The molecule has 0 aliphatic carbocycles. The normalized spacial score (nSPS) is 10.2. The molecule has 0 bridgehead atoms. The maximum absolute atomic E-state index is 5.92. The molecule has 0 saturated carbocycles. The van der Waals surface area contributed by atoms with E-state index in [1.165, 1.54) is 6.33 Å². The van der Waals surface area contributed by atoms with Crippen molar-refractivity contribution in [1.29, 1.82) is 0 Å². The van der Waals surface area contributed by atoms with E-state index < -0.39 is 0 Å². The molecule has 90 valence electrons. The number of hydrogen-bond donors (Lipinski definition) is 3. The fourth-order valence-electron chi connectivity index (χ4n) is 1.35. The molecule has 7 heteroatoms. The predicted octanol–water partition coefficient (Wildman–Crippen LogP) is 1.53. The Bertz CT molecular complexity index is 509. The highest BCUT2D eigenvalue weighted by molar-refractivity contribution is 5.76. The van der Waals surface area contributed by atoms with E-state index in [-0.39, 0.29) is 0 Å². The molecular weight excluding hydrogens is 220 g/mol. The van der Waals surface area contributed by atoms with E-state index in [0.29, 0.717) is 28.9 Å². The third-order valence-electron chi connectivity index (χ3n) is 2.10. The van der Waals surface area contributed by atoms with E-state index in [2.05, 4.69) is 25.8 Å². The highest BCUT2D eigenvalue weighted by Gasteiger charge is 2.09. The first-order chi connectivity index (χ1) is 8.20. The van der Waals surface area contributed by atoms with Crippen LogP contribution in [0.15, 0.2) is 16.9 Å². The fraction of sp³-hybridized carbons (Fsp3) is 0.300. The number of nitrogen functional groups attached to an aromatic ring is 1. The number of nitrogens with two attached hydrogens (primary N) is 1. The highest BCUT2D eigenvalue weighted by Crippen LogP contribution is 2.25. The van der Waals surface area contributed by atoms with Crippen LogP contribution in [0.1, 0.15) is 12.7 Å². The Morgan fingerprint density at radius 2 is 2.12 bits per heavy atom. The maximum atomic E-state index is 5.92. The Morgan fingerprint density at radius 3 is 2.76 bits per heavy atom. The summed E-state index contributed by atoms with van der Waals surface area (Å²) in [5, 5.41) is 9.82. The largest absolute Gasteiger partial charge is 0.393 e. The van der Waals surface area contributed by atoms with E-state index in [1.807, 2.05) is 13.8 Å². The van der Waals surface area contributed by atoms with Gasteiger partial charge >= 0.3 is 0 Å². The first-order valence-electron chi connectivity index (χ1n) is 5.25. The second-order valence-corrected chi connectivity index (χ2v) is 3.46. The molecule has 0 aromatic carbocycles. The summed E-state index contributed by atoms with van der Waals surface area (Å²) in [6.07, 6.45) is 1.43. The molecule has 0 saturated heterocycles. The minimum Gasteiger partial charge on any atom is -0.393 e. The van der Waals surface area contributed by atoms with Gasteiger partial charge in [0.15, 0.2) is 17.5 Å². The van der Waals surface area contributed by atoms with Crippen LogP contribution < -0.4 is 16.4 Å². The van der Waals surface area contributed by atoms with Crippen LogP contribution in [-0.4, -0.2) is 21.7 Å². The van der Waals surface area contributed by atoms with Gasteiger partial charge in [-0.25, -0.2) is 9.97 Å². The number of rotatable bonds is 4. The number of anilines is 4. The monoisotopic (exact) mass is 234 g/mol. The van der Waals surface area contributed by atoms with Crippen LogP contribution >= 0.6 is 0 Å². The molecule has 0 radical (unpaired) electrons. The molecule has 2 rings (SSSR count). The minimum absolute atomic E-state index is 0.454. The van der Waals surface area contributed by atoms with Crippen molar-refractivity contribution >= 4 is 23.1 Å². The van der Waals surface area contributed by atoms with Crippen molar-refractivity contribution in [1.82, 2.24) is 15.1 Å². The Labute approximate surface area is 98.4 Å². The first kappa shape index (κ1) is 11.2. The fourth-order valence-corrected chi connectivity index (χ4v) is 1.35. The topological polar surface area (TPSA) is 102 Å². The van der Waals surface area contributed by atoms with Gasteiger partial charge < -0.3 is 20.9 Å².